The number of rotatable bonds is 2. The van der Waals surface area contributed by atoms with E-state index in [1.165, 1.54) is 24.1 Å². The number of nitrogens with zero attached hydrogens (tertiary/aromatic N) is 1. The Morgan fingerprint density at radius 2 is 2.06 bits per heavy atom. The van der Waals surface area contributed by atoms with Crippen LogP contribution in [0.2, 0.25) is 0 Å². The zero-order valence-electron chi connectivity index (χ0n) is 10.5. The van der Waals surface area contributed by atoms with Crippen LogP contribution in [0, 0.1) is 0 Å². The summed E-state index contributed by atoms with van der Waals surface area (Å²) >= 11 is 0. The summed E-state index contributed by atoms with van der Waals surface area (Å²) in [5.74, 6) is 0. The summed E-state index contributed by atoms with van der Waals surface area (Å²) in [7, 11) is 0. The Labute approximate surface area is 98.4 Å². The summed E-state index contributed by atoms with van der Waals surface area (Å²) in [6, 6.07) is 9.29. The van der Waals surface area contributed by atoms with Crippen molar-refractivity contribution in [2.45, 2.75) is 45.2 Å². The highest BCUT2D eigenvalue weighted by Gasteiger charge is 2.26. The number of hydrogen-bond donors (Lipinski definition) is 1. The number of anilines is 1. The Hall–Kier alpha value is -1.02. The molecule has 16 heavy (non-hydrogen) atoms. The Balaban J connectivity index is 2.30. The third kappa shape index (κ3) is 2.38. The second-order valence-corrected chi connectivity index (χ2v) is 5.63. The van der Waals surface area contributed by atoms with Gasteiger partial charge in [-0.25, -0.2) is 0 Å². The summed E-state index contributed by atoms with van der Waals surface area (Å²) in [5.41, 5.74) is 8.84. The Morgan fingerprint density at radius 3 is 2.75 bits per heavy atom. The van der Waals surface area contributed by atoms with Gasteiger partial charge in [0.25, 0.3) is 0 Å². The molecule has 0 saturated carbocycles. The fourth-order valence-corrected chi connectivity index (χ4v) is 2.44. The molecule has 88 valence electrons. The van der Waals surface area contributed by atoms with Crippen molar-refractivity contribution in [2.24, 2.45) is 5.73 Å². The molecule has 0 aromatic heterocycles. The number of benzene rings is 1. The topological polar surface area (TPSA) is 29.3 Å². The molecule has 2 heteroatoms. The molecule has 0 radical (unpaired) electrons. The molecule has 0 bridgehead atoms. The van der Waals surface area contributed by atoms with E-state index in [2.05, 4.69) is 49.9 Å². The Kier molecular flexibility index (Phi) is 2.94. The van der Waals surface area contributed by atoms with Crippen molar-refractivity contribution in [2.75, 3.05) is 11.4 Å². The maximum Gasteiger partial charge on any atom is 0.0401 e. The fraction of sp³-hybridized carbons (Fsp3) is 0.571. The molecule has 0 spiro atoms. The first-order valence-corrected chi connectivity index (χ1v) is 6.11. The average molecular weight is 218 g/mol. The van der Waals surface area contributed by atoms with E-state index in [0.717, 1.165) is 6.54 Å². The largest absolute Gasteiger partial charge is 0.367 e. The maximum absolute atomic E-state index is 6.14. The highest BCUT2D eigenvalue weighted by molar-refractivity contribution is 5.56. The molecule has 1 aromatic rings. The molecule has 2 rings (SSSR count). The Morgan fingerprint density at radius 1 is 1.38 bits per heavy atom. The monoisotopic (exact) mass is 218 g/mol. The second kappa shape index (κ2) is 4.10. The lowest BCUT2D eigenvalue weighted by atomic mass is 9.94. The summed E-state index contributed by atoms with van der Waals surface area (Å²) in [6.45, 7) is 7.40. The maximum atomic E-state index is 6.14. The lowest BCUT2D eigenvalue weighted by molar-refractivity contribution is 0.457. The van der Waals surface area contributed by atoms with Crippen molar-refractivity contribution in [1.29, 1.82) is 0 Å². The Bertz CT molecular complexity index is 365. The zero-order valence-corrected chi connectivity index (χ0v) is 10.5. The number of fused-ring (bicyclic) bond motifs is 1. The van der Waals surface area contributed by atoms with Gasteiger partial charge < -0.3 is 10.6 Å². The first-order chi connectivity index (χ1) is 7.47. The standard InChI is InChI=1S/C14H22N2/c1-11-8-9-12-6-4-5-7-13(12)16(11)10-14(2,3)15/h4-7,11H,8-10,15H2,1-3H3. The van der Waals surface area contributed by atoms with E-state index in [4.69, 9.17) is 5.73 Å². The molecule has 2 nitrogen and oxygen atoms in total. The average Bonchev–Trinajstić information content (AvgIpc) is 2.21. The quantitative estimate of drug-likeness (QED) is 0.826. The van der Waals surface area contributed by atoms with Crippen molar-refractivity contribution in [3.05, 3.63) is 29.8 Å². The summed E-state index contributed by atoms with van der Waals surface area (Å²) in [4.78, 5) is 2.46. The van der Waals surface area contributed by atoms with Gasteiger partial charge in [0.05, 0.1) is 0 Å². The van der Waals surface area contributed by atoms with Gasteiger partial charge in [-0.05, 0) is 45.2 Å². The molecule has 1 heterocycles. The minimum atomic E-state index is -0.140. The lowest BCUT2D eigenvalue weighted by Crippen LogP contribution is -2.50. The van der Waals surface area contributed by atoms with Crippen LogP contribution in [0.3, 0.4) is 0 Å². The SMILES string of the molecule is CC1CCc2ccccc2N1CC(C)(C)N. The van der Waals surface area contributed by atoms with Crippen molar-refractivity contribution in [1.82, 2.24) is 0 Å². The van der Waals surface area contributed by atoms with Crippen LogP contribution in [-0.2, 0) is 6.42 Å². The van der Waals surface area contributed by atoms with Crippen molar-refractivity contribution in [3.63, 3.8) is 0 Å². The van der Waals surface area contributed by atoms with Gasteiger partial charge >= 0.3 is 0 Å². The third-order valence-corrected chi connectivity index (χ3v) is 3.24. The molecule has 1 aliphatic heterocycles. The molecule has 1 aromatic carbocycles. The van der Waals surface area contributed by atoms with E-state index in [1.807, 2.05) is 0 Å². The summed E-state index contributed by atoms with van der Waals surface area (Å²) < 4.78 is 0. The van der Waals surface area contributed by atoms with Gasteiger partial charge in [-0.2, -0.15) is 0 Å². The van der Waals surface area contributed by atoms with Gasteiger partial charge in [0.1, 0.15) is 0 Å². The molecule has 2 N–H and O–H groups in total. The first-order valence-electron chi connectivity index (χ1n) is 6.11. The van der Waals surface area contributed by atoms with Crippen molar-refractivity contribution >= 4 is 5.69 Å². The van der Waals surface area contributed by atoms with Gasteiger partial charge in [0.15, 0.2) is 0 Å². The van der Waals surface area contributed by atoms with Gasteiger partial charge in [0.2, 0.25) is 0 Å². The minimum absolute atomic E-state index is 0.140. The van der Waals surface area contributed by atoms with E-state index in [-0.39, 0.29) is 5.54 Å². The van der Waals surface area contributed by atoms with E-state index < -0.39 is 0 Å². The molecule has 0 amide bonds. The summed E-state index contributed by atoms with van der Waals surface area (Å²) in [6.07, 6.45) is 2.42. The molecule has 1 unspecified atom stereocenters. The second-order valence-electron chi connectivity index (χ2n) is 5.63. The molecule has 0 saturated heterocycles. The van der Waals surface area contributed by atoms with Crippen LogP contribution in [0.5, 0.6) is 0 Å². The van der Waals surface area contributed by atoms with Gasteiger partial charge in [-0.3, -0.25) is 0 Å². The van der Waals surface area contributed by atoms with Crippen molar-refractivity contribution < 1.29 is 0 Å². The molecule has 0 fully saturated rings. The first kappa shape index (κ1) is 11.5. The number of para-hydroxylation sites is 1. The minimum Gasteiger partial charge on any atom is -0.367 e. The normalized spacial score (nSPS) is 20.8. The molecular formula is C14H22N2. The van der Waals surface area contributed by atoms with E-state index in [1.54, 1.807) is 0 Å². The van der Waals surface area contributed by atoms with Crippen LogP contribution in [0.1, 0.15) is 32.8 Å². The van der Waals surface area contributed by atoms with Crippen LogP contribution in [0.15, 0.2) is 24.3 Å². The number of aryl methyl sites for hydroxylation is 1. The zero-order chi connectivity index (χ0) is 11.8. The van der Waals surface area contributed by atoms with Crippen LogP contribution >= 0.6 is 0 Å². The molecule has 1 atom stereocenters. The van der Waals surface area contributed by atoms with E-state index in [9.17, 15) is 0 Å². The molecular weight excluding hydrogens is 196 g/mol. The highest BCUT2D eigenvalue weighted by Crippen LogP contribution is 2.31. The fourth-order valence-electron chi connectivity index (χ4n) is 2.44. The van der Waals surface area contributed by atoms with Gasteiger partial charge in [-0.15, -0.1) is 0 Å². The van der Waals surface area contributed by atoms with Gasteiger partial charge in [0, 0.05) is 23.8 Å². The number of nitrogens with two attached hydrogens (primary N) is 1. The highest BCUT2D eigenvalue weighted by atomic mass is 15.2. The molecule has 1 aliphatic rings. The van der Waals surface area contributed by atoms with Crippen LogP contribution < -0.4 is 10.6 Å². The predicted octanol–water partition coefficient (Wildman–Crippen LogP) is 2.57. The summed E-state index contributed by atoms with van der Waals surface area (Å²) in [5, 5.41) is 0. The van der Waals surface area contributed by atoms with Crippen LogP contribution in [0.25, 0.3) is 0 Å². The van der Waals surface area contributed by atoms with Crippen LogP contribution in [-0.4, -0.2) is 18.1 Å². The van der Waals surface area contributed by atoms with E-state index >= 15 is 0 Å². The number of hydrogen-bond acceptors (Lipinski definition) is 2. The van der Waals surface area contributed by atoms with Gasteiger partial charge in [-0.1, -0.05) is 18.2 Å². The predicted molar refractivity (Wildman–Crippen MR) is 69.8 cm³/mol. The van der Waals surface area contributed by atoms with E-state index in [0.29, 0.717) is 6.04 Å². The lowest BCUT2D eigenvalue weighted by Gasteiger charge is -2.40. The smallest absolute Gasteiger partial charge is 0.0401 e. The van der Waals surface area contributed by atoms with Crippen LogP contribution in [0.4, 0.5) is 5.69 Å². The third-order valence-electron chi connectivity index (χ3n) is 3.24. The molecule has 0 aliphatic carbocycles. The van der Waals surface area contributed by atoms with Crippen molar-refractivity contribution in [3.8, 4) is 0 Å².